The number of aryl methyl sites for hydroxylation is 1. The molecule has 0 radical (unpaired) electrons. The van der Waals surface area contributed by atoms with Crippen molar-refractivity contribution in [3.8, 4) is 0 Å². The van der Waals surface area contributed by atoms with Gasteiger partial charge in [-0.3, -0.25) is 0 Å². The van der Waals surface area contributed by atoms with Gasteiger partial charge < -0.3 is 0 Å². The van der Waals surface area contributed by atoms with Gasteiger partial charge in [-0.2, -0.15) is 0 Å². The van der Waals surface area contributed by atoms with E-state index in [1.54, 1.807) is 0 Å². The van der Waals surface area contributed by atoms with E-state index in [1.807, 2.05) is 6.08 Å². The number of rotatable bonds is 6. The summed E-state index contributed by atoms with van der Waals surface area (Å²) in [6.07, 6.45) is 6.28. The molecule has 0 spiro atoms. The second-order valence-electron chi connectivity index (χ2n) is 3.67. The van der Waals surface area contributed by atoms with Crippen LogP contribution in [0.25, 0.3) is 0 Å². The van der Waals surface area contributed by atoms with Crippen LogP contribution in [0.5, 0.6) is 0 Å². The van der Waals surface area contributed by atoms with Crippen molar-refractivity contribution in [2.24, 2.45) is 0 Å². The first-order chi connectivity index (χ1) is 7.24. The van der Waals surface area contributed by atoms with Crippen LogP contribution in [0.4, 0.5) is 0 Å². The van der Waals surface area contributed by atoms with Crippen LogP contribution in [-0.2, 0) is 6.42 Å². The molecule has 0 aliphatic heterocycles. The van der Waals surface area contributed by atoms with Gasteiger partial charge in [-0.1, -0.05) is 36.4 Å². The molecule has 1 rings (SSSR count). The van der Waals surface area contributed by atoms with Crippen LogP contribution in [0.1, 0.15) is 24.8 Å². The summed E-state index contributed by atoms with van der Waals surface area (Å²) in [6.45, 7) is 7.81. The molecular weight excluding hydrogens is 295 g/mol. The molecule has 15 heavy (non-hydrogen) atoms. The Morgan fingerprint density at radius 1 is 1.27 bits per heavy atom. The van der Waals surface area contributed by atoms with Gasteiger partial charge in [0.2, 0.25) is 0 Å². The Bertz CT molecular complexity index is 339. The molecule has 0 bridgehead atoms. The quantitative estimate of drug-likeness (QED) is 0.525. The van der Waals surface area contributed by atoms with Crippen molar-refractivity contribution >= 4 is 22.6 Å². The molecule has 0 heterocycles. The Labute approximate surface area is 106 Å². The lowest BCUT2D eigenvalue weighted by molar-refractivity contribution is 0.852. The first-order valence-electron chi connectivity index (χ1n) is 5.25. The van der Waals surface area contributed by atoms with Gasteiger partial charge in [-0.25, -0.2) is 0 Å². The zero-order chi connectivity index (χ0) is 11.1. The van der Waals surface area contributed by atoms with Crippen molar-refractivity contribution in [3.63, 3.8) is 0 Å². The van der Waals surface area contributed by atoms with Crippen molar-refractivity contribution in [1.82, 2.24) is 0 Å². The second kappa shape index (κ2) is 6.83. The molecule has 0 aliphatic carbocycles. The number of hydrogen-bond acceptors (Lipinski definition) is 0. The molecule has 80 valence electrons. The molecule has 0 unspecified atom stereocenters. The van der Waals surface area contributed by atoms with E-state index in [0.29, 0.717) is 0 Å². The summed E-state index contributed by atoms with van der Waals surface area (Å²) in [4.78, 5) is 0. The summed E-state index contributed by atoms with van der Waals surface area (Å²) in [5.41, 5.74) is 2.76. The lowest BCUT2D eigenvalue weighted by Gasteiger charge is -2.06. The molecule has 0 amide bonds. The van der Waals surface area contributed by atoms with Crippen molar-refractivity contribution < 1.29 is 0 Å². The second-order valence-corrected chi connectivity index (χ2v) is 4.83. The van der Waals surface area contributed by atoms with Crippen LogP contribution >= 0.6 is 22.6 Å². The van der Waals surface area contributed by atoms with Crippen LogP contribution in [0, 0.1) is 3.57 Å². The Morgan fingerprint density at radius 2 is 2.00 bits per heavy atom. The highest BCUT2D eigenvalue weighted by molar-refractivity contribution is 14.1. The van der Waals surface area contributed by atoms with Crippen molar-refractivity contribution in [3.05, 3.63) is 58.2 Å². The lowest BCUT2D eigenvalue weighted by Crippen LogP contribution is -1.91. The fraction of sp³-hybridized carbons (Fsp3) is 0.286. The molecule has 1 aromatic rings. The molecule has 0 saturated heterocycles. The highest BCUT2D eigenvalue weighted by atomic mass is 127. The summed E-state index contributed by atoms with van der Waals surface area (Å²) in [5, 5.41) is 0. The number of benzene rings is 1. The van der Waals surface area contributed by atoms with Gasteiger partial charge in [-0.05, 0) is 59.9 Å². The summed E-state index contributed by atoms with van der Waals surface area (Å²) in [6, 6.07) is 8.53. The molecule has 0 N–H and O–H groups in total. The maximum atomic E-state index is 4.09. The van der Waals surface area contributed by atoms with Gasteiger partial charge in [0.15, 0.2) is 0 Å². The third kappa shape index (κ3) is 4.65. The standard InChI is InChI=1S/C14H17I/c1-3-4-7-12(2)10-11-13-8-5-6-9-14(13)15/h3,5-6,8-9H,1-2,4,7,10-11H2. The lowest BCUT2D eigenvalue weighted by atomic mass is 10.0. The van der Waals surface area contributed by atoms with E-state index < -0.39 is 0 Å². The van der Waals surface area contributed by atoms with Gasteiger partial charge in [0.05, 0.1) is 0 Å². The molecular formula is C14H17I. The van der Waals surface area contributed by atoms with Crippen molar-refractivity contribution in [1.29, 1.82) is 0 Å². The van der Waals surface area contributed by atoms with E-state index in [4.69, 9.17) is 0 Å². The molecule has 0 fully saturated rings. The van der Waals surface area contributed by atoms with Crippen LogP contribution in [0.15, 0.2) is 49.1 Å². The minimum absolute atomic E-state index is 1.05. The van der Waals surface area contributed by atoms with Crippen molar-refractivity contribution in [2.45, 2.75) is 25.7 Å². The number of hydrogen-bond donors (Lipinski definition) is 0. The van der Waals surface area contributed by atoms with E-state index in [0.717, 1.165) is 25.7 Å². The Kier molecular flexibility index (Phi) is 5.69. The normalized spacial score (nSPS) is 9.93. The number of allylic oxidation sites excluding steroid dienone is 2. The van der Waals surface area contributed by atoms with Gasteiger partial charge >= 0.3 is 0 Å². The van der Waals surface area contributed by atoms with Crippen LogP contribution in [0.3, 0.4) is 0 Å². The maximum Gasteiger partial charge on any atom is 0.0162 e. The minimum Gasteiger partial charge on any atom is -0.103 e. The molecule has 0 aliphatic rings. The first-order valence-corrected chi connectivity index (χ1v) is 6.33. The molecule has 1 aromatic carbocycles. The molecule has 0 saturated carbocycles. The number of halogens is 1. The molecule has 1 heteroatoms. The Morgan fingerprint density at radius 3 is 2.67 bits per heavy atom. The average molecular weight is 312 g/mol. The SMILES string of the molecule is C=CCCC(=C)CCc1ccccc1I. The van der Waals surface area contributed by atoms with E-state index in [2.05, 4.69) is 60.0 Å². The summed E-state index contributed by atoms with van der Waals surface area (Å²) < 4.78 is 1.35. The summed E-state index contributed by atoms with van der Waals surface area (Å²) >= 11 is 2.39. The fourth-order valence-electron chi connectivity index (χ4n) is 1.44. The highest BCUT2D eigenvalue weighted by Gasteiger charge is 1.99. The summed E-state index contributed by atoms with van der Waals surface area (Å²) in [5.74, 6) is 0. The third-order valence-corrected chi connectivity index (χ3v) is 3.46. The Balaban J connectivity index is 2.40. The van der Waals surface area contributed by atoms with E-state index in [1.165, 1.54) is 14.7 Å². The van der Waals surface area contributed by atoms with Gasteiger partial charge in [0, 0.05) is 3.57 Å². The molecule has 0 nitrogen and oxygen atoms in total. The zero-order valence-corrected chi connectivity index (χ0v) is 11.2. The monoisotopic (exact) mass is 312 g/mol. The zero-order valence-electron chi connectivity index (χ0n) is 9.01. The highest BCUT2D eigenvalue weighted by Crippen LogP contribution is 2.17. The largest absolute Gasteiger partial charge is 0.103 e. The Hall–Kier alpha value is -0.570. The first kappa shape index (κ1) is 12.5. The topological polar surface area (TPSA) is 0 Å². The van der Waals surface area contributed by atoms with E-state index in [9.17, 15) is 0 Å². The average Bonchev–Trinajstić information content (AvgIpc) is 2.25. The summed E-state index contributed by atoms with van der Waals surface area (Å²) in [7, 11) is 0. The van der Waals surface area contributed by atoms with Crippen LogP contribution < -0.4 is 0 Å². The van der Waals surface area contributed by atoms with Crippen molar-refractivity contribution in [2.75, 3.05) is 0 Å². The van der Waals surface area contributed by atoms with Crippen LogP contribution in [-0.4, -0.2) is 0 Å². The predicted octanol–water partition coefficient (Wildman–Crippen LogP) is 4.75. The van der Waals surface area contributed by atoms with Gasteiger partial charge in [-0.15, -0.1) is 6.58 Å². The predicted molar refractivity (Wildman–Crippen MR) is 76.1 cm³/mol. The third-order valence-electron chi connectivity index (χ3n) is 2.41. The molecule has 0 atom stereocenters. The minimum atomic E-state index is 1.05. The maximum absolute atomic E-state index is 4.09. The molecule has 0 aromatic heterocycles. The van der Waals surface area contributed by atoms with E-state index in [-0.39, 0.29) is 0 Å². The fourth-order valence-corrected chi connectivity index (χ4v) is 2.10. The smallest absolute Gasteiger partial charge is 0.0162 e. The van der Waals surface area contributed by atoms with Gasteiger partial charge in [0.1, 0.15) is 0 Å². The van der Waals surface area contributed by atoms with Gasteiger partial charge in [0.25, 0.3) is 0 Å². The van der Waals surface area contributed by atoms with Crippen LogP contribution in [0.2, 0.25) is 0 Å². The van der Waals surface area contributed by atoms with E-state index >= 15 is 0 Å².